The summed E-state index contributed by atoms with van der Waals surface area (Å²) in [6, 6.07) is 7.27. The largest absolute Gasteiger partial charge is 0.319 e. The molecule has 1 fully saturated rings. The summed E-state index contributed by atoms with van der Waals surface area (Å²) < 4.78 is 12.9. The minimum atomic E-state index is -0.157. The second-order valence-corrected chi connectivity index (χ2v) is 4.93. The van der Waals surface area contributed by atoms with Gasteiger partial charge in [0.05, 0.1) is 0 Å². The molecule has 18 heavy (non-hydrogen) atoms. The number of nitrogens with one attached hydrogen (secondary N) is 1. The van der Waals surface area contributed by atoms with E-state index in [1.54, 1.807) is 12.1 Å². The van der Waals surface area contributed by atoms with Gasteiger partial charge in [-0.1, -0.05) is 12.1 Å². The average Bonchev–Trinajstić information content (AvgIpc) is 2.78. The third-order valence-electron chi connectivity index (χ3n) is 3.71. The molecule has 1 heterocycles. The maximum absolute atomic E-state index is 12.9. The average molecular weight is 273 g/mol. The van der Waals surface area contributed by atoms with Crippen LogP contribution in [0.4, 0.5) is 4.39 Å². The van der Waals surface area contributed by atoms with Crippen LogP contribution in [-0.4, -0.2) is 31.6 Å². The molecule has 1 aromatic rings. The topological polar surface area (TPSA) is 15.3 Å². The van der Waals surface area contributed by atoms with Gasteiger partial charge in [-0.25, -0.2) is 4.39 Å². The van der Waals surface area contributed by atoms with E-state index in [4.69, 9.17) is 0 Å². The van der Waals surface area contributed by atoms with Crippen molar-refractivity contribution < 1.29 is 4.39 Å². The summed E-state index contributed by atoms with van der Waals surface area (Å²) in [6.07, 6.45) is 1.26. The van der Waals surface area contributed by atoms with E-state index < -0.39 is 0 Å². The molecule has 1 aliphatic heterocycles. The zero-order chi connectivity index (χ0) is 12.3. The Labute approximate surface area is 115 Å². The van der Waals surface area contributed by atoms with E-state index in [1.165, 1.54) is 12.0 Å². The Balaban J connectivity index is 0.00000162. The molecular weight excluding hydrogens is 251 g/mol. The molecule has 2 rings (SSSR count). The molecule has 1 saturated heterocycles. The molecule has 1 aromatic carbocycles. The first-order chi connectivity index (χ1) is 8.20. The normalized spacial score (nSPS) is 21.6. The van der Waals surface area contributed by atoms with Gasteiger partial charge in [0.15, 0.2) is 0 Å². The number of hydrogen-bond donors (Lipinski definition) is 1. The number of likely N-dealkylation sites (tertiary alicyclic amines) is 1. The third-order valence-corrected chi connectivity index (χ3v) is 3.71. The summed E-state index contributed by atoms with van der Waals surface area (Å²) in [7, 11) is 2.01. The molecule has 102 valence electrons. The third kappa shape index (κ3) is 3.67. The first-order valence-corrected chi connectivity index (χ1v) is 6.35. The van der Waals surface area contributed by atoms with Crippen LogP contribution in [0, 0.1) is 11.7 Å². The molecule has 0 amide bonds. The molecule has 0 bridgehead atoms. The lowest BCUT2D eigenvalue weighted by atomic mass is 10.1. The van der Waals surface area contributed by atoms with Crippen molar-refractivity contribution in [3.05, 3.63) is 35.6 Å². The van der Waals surface area contributed by atoms with Crippen LogP contribution in [0.3, 0.4) is 0 Å². The van der Waals surface area contributed by atoms with Crippen molar-refractivity contribution in [2.45, 2.75) is 19.4 Å². The summed E-state index contributed by atoms with van der Waals surface area (Å²) in [6.45, 7) is 5.58. The van der Waals surface area contributed by atoms with Gasteiger partial charge in [0.1, 0.15) is 5.82 Å². The predicted molar refractivity (Wildman–Crippen MR) is 75.7 cm³/mol. The van der Waals surface area contributed by atoms with Gasteiger partial charge in [0.25, 0.3) is 0 Å². The smallest absolute Gasteiger partial charge is 0.123 e. The van der Waals surface area contributed by atoms with Gasteiger partial charge in [-0.3, -0.25) is 4.90 Å². The Morgan fingerprint density at radius 2 is 2.06 bits per heavy atom. The number of hydrogen-bond acceptors (Lipinski definition) is 2. The summed E-state index contributed by atoms with van der Waals surface area (Å²) in [5, 5.41) is 3.24. The van der Waals surface area contributed by atoms with E-state index >= 15 is 0 Å². The van der Waals surface area contributed by atoms with Crippen LogP contribution in [0.25, 0.3) is 0 Å². The van der Waals surface area contributed by atoms with E-state index in [0.717, 1.165) is 25.6 Å². The molecule has 4 heteroatoms. The van der Waals surface area contributed by atoms with Crippen LogP contribution in [0.1, 0.15) is 24.9 Å². The fourth-order valence-electron chi connectivity index (χ4n) is 2.62. The van der Waals surface area contributed by atoms with E-state index in [9.17, 15) is 4.39 Å². The second-order valence-electron chi connectivity index (χ2n) is 4.93. The quantitative estimate of drug-likeness (QED) is 0.907. The van der Waals surface area contributed by atoms with E-state index in [-0.39, 0.29) is 18.2 Å². The Hall–Kier alpha value is -0.640. The van der Waals surface area contributed by atoms with Gasteiger partial charge in [-0.2, -0.15) is 0 Å². The highest BCUT2D eigenvalue weighted by Gasteiger charge is 2.26. The molecule has 0 radical (unpaired) electrons. The molecule has 2 nitrogen and oxygen atoms in total. The highest BCUT2D eigenvalue weighted by molar-refractivity contribution is 5.85. The summed E-state index contributed by atoms with van der Waals surface area (Å²) in [4.78, 5) is 2.48. The molecule has 0 aromatic heterocycles. The van der Waals surface area contributed by atoms with Crippen molar-refractivity contribution in [1.82, 2.24) is 10.2 Å². The lowest BCUT2D eigenvalue weighted by Gasteiger charge is -2.24. The molecule has 1 N–H and O–H groups in total. The van der Waals surface area contributed by atoms with E-state index in [2.05, 4.69) is 17.1 Å². The minimum Gasteiger partial charge on any atom is -0.319 e. The molecule has 0 spiro atoms. The van der Waals surface area contributed by atoms with Crippen molar-refractivity contribution in [2.24, 2.45) is 5.92 Å². The maximum atomic E-state index is 12.9. The van der Waals surface area contributed by atoms with Gasteiger partial charge < -0.3 is 5.32 Å². The van der Waals surface area contributed by atoms with Crippen molar-refractivity contribution in [3.63, 3.8) is 0 Å². The van der Waals surface area contributed by atoms with Crippen LogP contribution in [0.5, 0.6) is 0 Å². The highest BCUT2D eigenvalue weighted by Crippen LogP contribution is 2.27. The summed E-state index contributed by atoms with van der Waals surface area (Å²) in [5.41, 5.74) is 1.21. The molecule has 0 aliphatic carbocycles. The molecule has 1 aliphatic rings. The Bertz CT molecular complexity index is 355. The van der Waals surface area contributed by atoms with Gasteiger partial charge in [-0.05, 0) is 57.1 Å². The van der Waals surface area contributed by atoms with Crippen LogP contribution in [0.15, 0.2) is 24.3 Å². The number of rotatable bonds is 4. The number of halogens is 2. The SMILES string of the molecule is CNCC1CCN(C(C)c2ccc(F)cc2)C1.Cl. The standard InChI is InChI=1S/C14H21FN2.ClH/c1-11(13-3-5-14(15)6-4-13)17-8-7-12(10-17)9-16-2;/h3-6,11-12,16H,7-10H2,1-2H3;1H. The maximum Gasteiger partial charge on any atom is 0.123 e. The molecule has 2 unspecified atom stereocenters. The van der Waals surface area contributed by atoms with Gasteiger partial charge in [0.2, 0.25) is 0 Å². The first-order valence-electron chi connectivity index (χ1n) is 6.35. The van der Waals surface area contributed by atoms with Crippen molar-refractivity contribution in [2.75, 3.05) is 26.7 Å². The highest BCUT2D eigenvalue weighted by atomic mass is 35.5. The molecule has 0 saturated carbocycles. The first kappa shape index (κ1) is 15.4. The van der Waals surface area contributed by atoms with Crippen LogP contribution < -0.4 is 5.32 Å². The molecular formula is C14H22ClFN2. The second kappa shape index (κ2) is 7.07. The Morgan fingerprint density at radius 3 is 2.67 bits per heavy atom. The lowest BCUT2D eigenvalue weighted by molar-refractivity contribution is 0.252. The fraction of sp³-hybridized carbons (Fsp3) is 0.571. The van der Waals surface area contributed by atoms with E-state index in [1.807, 2.05) is 19.2 Å². The zero-order valence-electron chi connectivity index (χ0n) is 11.0. The molecule has 2 atom stereocenters. The zero-order valence-corrected chi connectivity index (χ0v) is 11.8. The van der Waals surface area contributed by atoms with Gasteiger partial charge in [0, 0.05) is 12.6 Å². The fourth-order valence-corrected chi connectivity index (χ4v) is 2.62. The Kier molecular flexibility index (Phi) is 6.06. The number of nitrogens with zero attached hydrogens (tertiary/aromatic N) is 1. The summed E-state index contributed by atoms with van der Waals surface area (Å²) >= 11 is 0. The van der Waals surface area contributed by atoms with Crippen LogP contribution in [0.2, 0.25) is 0 Å². The Morgan fingerprint density at radius 1 is 1.39 bits per heavy atom. The monoisotopic (exact) mass is 272 g/mol. The minimum absolute atomic E-state index is 0. The van der Waals surface area contributed by atoms with Gasteiger partial charge >= 0.3 is 0 Å². The van der Waals surface area contributed by atoms with Crippen molar-refractivity contribution >= 4 is 12.4 Å². The summed E-state index contributed by atoms with van der Waals surface area (Å²) in [5.74, 6) is 0.596. The van der Waals surface area contributed by atoms with Crippen LogP contribution >= 0.6 is 12.4 Å². The van der Waals surface area contributed by atoms with Crippen molar-refractivity contribution in [1.29, 1.82) is 0 Å². The van der Waals surface area contributed by atoms with Crippen LogP contribution in [-0.2, 0) is 0 Å². The van der Waals surface area contributed by atoms with Gasteiger partial charge in [-0.15, -0.1) is 12.4 Å². The van der Waals surface area contributed by atoms with E-state index in [0.29, 0.717) is 6.04 Å². The van der Waals surface area contributed by atoms with Crippen molar-refractivity contribution in [3.8, 4) is 0 Å². The number of benzene rings is 1. The lowest BCUT2D eigenvalue weighted by Crippen LogP contribution is -2.27. The predicted octanol–water partition coefficient (Wildman–Crippen LogP) is 2.85.